The molecule has 1 aromatic rings. The molecule has 0 aliphatic carbocycles. The fourth-order valence-electron chi connectivity index (χ4n) is 2.73. The summed E-state index contributed by atoms with van der Waals surface area (Å²) in [4.78, 5) is 0. The van der Waals surface area contributed by atoms with Gasteiger partial charge in [0.05, 0.1) is 18.2 Å². The highest BCUT2D eigenvalue weighted by Gasteiger charge is 2.34. The minimum Gasteiger partial charge on any atom is -0.493 e. The van der Waals surface area contributed by atoms with Crippen molar-refractivity contribution >= 4 is 0 Å². The van der Waals surface area contributed by atoms with Crippen molar-refractivity contribution in [2.75, 3.05) is 13.2 Å². The highest BCUT2D eigenvalue weighted by atomic mass is 16.5. The Bertz CT molecular complexity index is 436. The average Bonchev–Trinajstić information content (AvgIpc) is 2.87. The second kappa shape index (κ2) is 5.90. The number of hydrogen-bond acceptors (Lipinski definition) is 4. The van der Waals surface area contributed by atoms with Gasteiger partial charge in [-0.05, 0) is 37.5 Å². The van der Waals surface area contributed by atoms with Crippen molar-refractivity contribution in [3.8, 4) is 5.75 Å². The lowest BCUT2D eigenvalue weighted by Crippen LogP contribution is -2.46. The second-order valence-electron chi connectivity index (χ2n) is 5.16. The molecule has 0 fully saturated rings. The highest BCUT2D eigenvalue weighted by Crippen LogP contribution is 2.35. The summed E-state index contributed by atoms with van der Waals surface area (Å²) in [6, 6.07) is 6.26. The van der Waals surface area contributed by atoms with Gasteiger partial charge in [0.1, 0.15) is 5.75 Å². The van der Waals surface area contributed by atoms with Gasteiger partial charge in [-0.25, -0.2) is 0 Å². The van der Waals surface area contributed by atoms with Gasteiger partial charge in [-0.1, -0.05) is 19.1 Å². The summed E-state index contributed by atoms with van der Waals surface area (Å²) in [6.07, 6.45) is 1.86. The second-order valence-corrected chi connectivity index (χ2v) is 5.16. The summed E-state index contributed by atoms with van der Waals surface area (Å²) >= 11 is 0. The molecule has 1 aliphatic rings. The summed E-state index contributed by atoms with van der Waals surface area (Å²) in [5.74, 6) is 6.78. The first kappa shape index (κ1) is 14.3. The largest absolute Gasteiger partial charge is 0.493 e. The Morgan fingerprint density at radius 3 is 2.89 bits per heavy atom. The van der Waals surface area contributed by atoms with Crippen molar-refractivity contribution in [3.05, 3.63) is 29.3 Å². The van der Waals surface area contributed by atoms with Crippen LogP contribution in [0.3, 0.4) is 0 Å². The van der Waals surface area contributed by atoms with Crippen LogP contribution in [0.2, 0.25) is 0 Å². The highest BCUT2D eigenvalue weighted by molar-refractivity contribution is 5.41. The van der Waals surface area contributed by atoms with Gasteiger partial charge in [-0.15, -0.1) is 0 Å². The minimum absolute atomic E-state index is 0.0247. The van der Waals surface area contributed by atoms with E-state index in [4.69, 9.17) is 15.3 Å². The average molecular weight is 264 g/mol. The van der Waals surface area contributed by atoms with Crippen LogP contribution in [0.25, 0.3) is 0 Å². The van der Waals surface area contributed by atoms with Crippen LogP contribution in [0.15, 0.2) is 18.2 Å². The van der Waals surface area contributed by atoms with Crippen LogP contribution in [-0.4, -0.2) is 18.8 Å². The minimum atomic E-state index is -0.308. The number of hydrazine groups is 1. The number of benzene rings is 1. The maximum atomic E-state index is 5.93. The van der Waals surface area contributed by atoms with E-state index >= 15 is 0 Å². The Kier molecular flexibility index (Phi) is 4.45. The summed E-state index contributed by atoms with van der Waals surface area (Å²) in [5.41, 5.74) is 5.03. The third-order valence-corrected chi connectivity index (χ3v) is 4.00. The Balaban J connectivity index is 2.30. The molecule has 2 rings (SSSR count). The lowest BCUT2D eigenvalue weighted by atomic mass is 9.87. The molecule has 0 saturated heterocycles. The summed E-state index contributed by atoms with van der Waals surface area (Å²) < 4.78 is 11.5. The van der Waals surface area contributed by atoms with Crippen LogP contribution < -0.4 is 16.0 Å². The third kappa shape index (κ3) is 2.76. The molecular weight excluding hydrogens is 240 g/mol. The molecule has 1 aliphatic heterocycles. The maximum Gasteiger partial charge on any atom is 0.122 e. The summed E-state index contributed by atoms with van der Waals surface area (Å²) in [5, 5.41) is 0. The number of rotatable bonds is 6. The van der Waals surface area contributed by atoms with E-state index in [1.54, 1.807) is 0 Å². The fourth-order valence-corrected chi connectivity index (χ4v) is 2.73. The smallest absolute Gasteiger partial charge is 0.122 e. The van der Waals surface area contributed by atoms with Crippen molar-refractivity contribution in [3.63, 3.8) is 0 Å². The Labute approximate surface area is 115 Å². The number of fused-ring (bicyclic) bond motifs is 1. The zero-order valence-corrected chi connectivity index (χ0v) is 12.0. The molecule has 1 aromatic carbocycles. The first-order valence-corrected chi connectivity index (χ1v) is 7.00. The van der Waals surface area contributed by atoms with Crippen LogP contribution in [-0.2, 0) is 11.2 Å². The molecule has 2 atom stereocenters. The van der Waals surface area contributed by atoms with E-state index in [0.29, 0.717) is 6.61 Å². The SMILES string of the molecule is CCOC(C)(CC)C(NN)c1ccc2c(c1)CCO2. The van der Waals surface area contributed by atoms with Gasteiger partial charge in [0.15, 0.2) is 0 Å². The lowest BCUT2D eigenvalue weighted by molar-refractivity contribution is -0.0564. The van der Waals surface area contributed by atoms with Crippen molar-refractivity contribution < 1.29 is 9.47 Å². The zero-order valence-electron chi connectivity index (χ0n) is 12.0. The van der Waals surface area contributed by atoms with Gasteiger partial charge >= 0.3 is 0 Å². The Hall–Kier alpha value is -1.10. The fraction of sp³-hybridized carbons (Fsp3) is 0.600. The molecule has 2 unspecified atom stereocenters. The predicted octanol–water partition coefficient (Wildman–Crippen LogP) is 2.33. The molecule has 0 radical (unpaired) electrons. The predicted molar refractivity (Wildman–Crippen MR) is 76.0 cm³/mol. The van der Waals surface area contributed by atoms with E-state index in [2.05, 4.69) is 31.4 Å². The van der Waals surface area contributed by atoms with Gasteiger partial charge in [0, 0.05) is 13.0 Å². The maximum absolute atomic E-state index is 5.93. The Morgan fingerprint density at radius 2 is 2.26 bits per heavy atom. The van der Waals surface area contributed by atoms with Gasteiger partial charge in [0.2, 0.25) is 0 Å². The molecule has 19 heavy (non-hydrogen) atoms. The molecule has 0 spiro atoms. The van der Waals surface area contributed by atoms with Gasteiger partial charge in [-0.3, -0.25) is 11.3 Å². The molecule has 1 heterocycles. The molecule has 3 N–H and O–H groups in total. The van der Waals surface area contributed by atoms with E-state index in [1.807, 2.05) is 13.0 Å². The zero-order chi connectivity index (χ0) is 13.9. The summed E-state index contributed by atoms with van der Waals surface area (Å²) in [7, 11) is 0. The van der Waals surface area contributed by atoms with E-state index in [-0.39, 0.29) is 11.6 Å². The van der Waals surface area contributed by atoms with Crippen LogP contribution in [0.1, 0.15) is 44.4 Å². The molecule has 4 nitrogen and oxygen atoms in total. The molecule has 4 heteroatoms. The van der Waals surface area contributed by atoms with Crippen molar-refractivity contribution in [2.45, 2.75) is 45.3 Å². The summed E-state index contributed by atoms with van der Waals surface area (Å²) in [6.45, 7) is 7.69. The topological polar surface area (TPSA) is 56.5 Å². The van der Waals surface area contributed by atoms with Crippen molar-refractivity contribution in [1.29, 1.82) is 0 Å². The first-order chi connectivity index (χ1) is 9.14. The Morgan fingerprint density at radius 1 is 1.47 bits per heavy atom. The van der Waals surface area contributed by atoms with Crippen LogP contribution in [0.5, 0.6) is 5.75 Å². The number of nitrogens with one attached hydrogen (secondary N) is 1. The van der Waals surface area contributed by atoms with Crippen LogP contribution in [0, 0.1) is 0 Å². The van der Waals surface area contributed by atoms with Crippen molar-refractivity contribution in [1.82, 2.24) is 5.43 Å². The quantitative estimate of drug-likeness (QED) is 0.611. The van der Waals surface area contributed by atoms with E-state index in [0.717, 1.165) is 30.8 Å². The lowest BCUT2D eigenvalue weighted by Gasteiger charge is -2.36. The van der Waals surface area contributed by atoms with Gasteiger partial charge in [0.25, 0.3) is 0 Å². The molecule has 0 aromatic heterocycles. The van der Waals surface area contributed by atoms with E-state index in [1.165, 1.54) is 5.56 Å². The third-order valence-electron chi connectivity index (χ3n) is 4.00. The van der Waals surface area contributed by atoms with Crippen molar-refractivity contribution in [2.24, 2.45) is 5.84 Å². The molecule has 106 valence electrons. The molecule has 0 bridgehead atoms. The van der Waals surface area contributed by atoms with Gasteiger partial charge in [-0.2, -0.15) is 0 Å². The number of nitrogens with two attached hydrogens (primary N) is 1. The number of ether oxygens (including phenoxy) is 2. The van der Waals surface area contributed by atoms with Crippen LogP contribution >= 0.6 is 0 Å². The van der Waals surface area contributed by atoms with Crippen LogP contribution in [0.4, 0.5) is 0 Å². The van der Waals surface area contributed by atoms with E-state index in [9.17, 15) is 0 Å². The first-order valence-electron chi connectivity index (χ1n) is 7.00. The van der Waals surface area contributed by atoms with Gasteiger partial charge < -0.3 is 9.47 Å². The molecule has 0 saturated carbocycles. The monoisotopic (exact) mass is 264 g/mol. The standard InChI is InChI=1S/C15H24N2O2/c1-4-15(3,19-5-2)14(17-16)12-6-7-13-11(10-12)8-9-18-13/h6-7,10,14,17H,4-5,8-9,16H2,1-3H3. The normalized spacial score (nSPS) is 18.5. The van der Waals surface area contributed by atoms with E-state index < -0.39 is 0 Å². The number of hydrogen-bond donors (Lipinski definition) is 2. The molecular formula is C15H24N2O2. The molecule has 0 amide bonds.